The molecule has 0 spiro atoms. The minimum absolute atomic E-state index is 0.0652. The lowest BCUT2D eigenvalue weighted by atomic mass is 9.95. The normalized spacial score (nSPS) is 19.2. The summed E-state index contributed by atoms with van der Waals surface area (Å²) >= 11 is 1.48. The molecule has 1 atom stereocenters. The Morgan fingerprint density at radius 1 is 1.03 bits per heavy atom. The predicted molar refractivity (Wildman–Crippen MR) is 120 cm³/mol. The van der Waals surface area contributed by atoms with Crippen LogP contribution in [-0.2, 0) is 16.0 Å². The number of ether oxygens (including phenoxy) is 1. The van der Waals surface area contributed by atoms with Crippen molar-refractivity contribution in [3.63, 3.8) is 0 Å². The minimum Gasteiger partial charge on any atom is -0.378 e. The number of morpholine rings is 1. The summed E-state index contributed by atoms with van der Waals surface area (Å²) in [4.78, 5) is 36.3. The molecule has 0 radical (unpaired) electrons. The summed E-state index contributed by atoms with van der Waals surface area (Å²) < 4.78 is 5.42. The third-order valence-corrected chi connectivity index (χ3v) is 7.26. The topological polar surface area (TPSA) is 62.7 Å². The van der Waals surface area contributed by atoms with Crippen LogP contribution in [0.1, 0.15) is 33.1 Å². The molecule has 1 aromatic carbocycles. The van der Waals surface area contributed by atoms with Crippen LogP contribution >= 0.6 is 11.3 Å². The fourth-order valence-corrected chi connectivity index (χ4v) is 5.73. The van der Waals surface area contributed by atoms with Crippen LogP contribution in [0.4, 0.5) is 0 Å². The van der Waals surface area contributed by atoms with Crippen molar-refractivity contribution in [2.75, 3.05) is 39.4 Å². The summed E-state index contributed by atoms with van der Waals surface area (Å²) in [6.07, 6.45) is 3.06. The minimum atomic E-state index is 0.0652. The number of carbonyl (C=O) groups excluding carboxylic acids is 2. The molecule has 0 saturated carbocycles. The van der Waals surface area contributed by atoms with Gasteiger partial charge in [0.15, 0.2) is 0 Å². The van der Waals surface area contributed by atoms with Crippen LogP contribution in [0.15, 0.2) is 48.7 Å². The zero-order chi connectivity index (χ0) is 21.2. The molecule has 2 fully saturated rings. The first-order valence-corrected chi connectivity index (χ1v) is 11.6. The maximum absolute atomic E-state index is 13.4. The van der Waals surface area contributed by atoms with Gasteiger partial charge in [-0.3, -0.25) is 9.59 Å². The molecular formula is C24H25N3O3S. The second kappa shape index (κ2) is 8.77. The van der Waals surface area contributed by atoms with E-state index in [9.17, 15) is 9.59 Å². The fraction of sp³-hybridized carbons (Fsp3) is 0.375. The molecule has 0 N–H and O–H groups in total. The predicted octanol–water partition coefficient (Wildman–Crippen LogP) is 3.33. The SMILES string of the molecule is O=C(Cc1ccccc1)N1CCC(c2c(C(=O)N3CCOCC3)sc3ncccc23)C1. The molecule has 2 aliphatic heterocycles. The molecule has 31 heavy (non-hydrogen) atoms. The average Bonchev–Trinajstić information content (AvgIpc) is 3.44. The second-order valence-corrected chi connectivity index (χ2v) is 9.09. The van der Waals surface area contributed by atoms with Crippen molar-refractivity contribution in [1.82, 2.24) is 14.8 Å². The van der Waals surface area contributed by atoms with Gasteiger partial charge in [0.25, 0.3) is 5.91 Å². The lowest BCUT2D eigenvalue weighted by Crippen LogP contribution is -2.40. The summed E-state index contributed by atoms with van der Waals surface area (Å²) in [5.74, 6) is 0.362. The molecule has 2 aliphatic rings. The highest BCUT2D eigenvalue weighted by Crippen LogP contribution is 2.40. The molecule has 0 aliphatic carbocycles. The maximum Gasteiger partial charge on any atom is 0.264 e. The molecule has 1 unspecified atom stereocenters. The summed E-state index contributed by atoms with van der Waals surface area (Å²) in [5, 5.41) is 1.05. The highest BCUT2D eigenvalue weighted by Gasteiger charge is 2.34. The Balaban J connectivity index is 1.40. The van der Waals surface area contributed by atoms with E-state index in [0.29, 0.717) is 39.3 Å². The van der Waals surface area contributed by atoms with E-state index >= 15 is 0 Å². The number of hydrogen-bond donors (Lipinski definition) is 0. The van der Waals surface area contributed by atoms with E-state index in [-0.39, 0.29) is 17.7 Å². The van der Waals surface area contributed by atoms with Gasteiger partial charge in [-0.05, 0) is 23.6 Å². The van der Waals surface area contributed by atoms with Crippen LogP contribution in [0.2, 0.25) is 0 Å². The number of likely N-dealkylation sites (tertiary alicyclic amines) is 1. The van der Waals surface area contributed by atoms with E-state index in [1.165, 1.54) is 11.3 Å². The number of amides is 2. The van der Waals surface area contributed by atoms with Gasteiger partial charge in [0.2, 0.25) is 5.91 Å². The number of benzene rings is 1. The number of hydrogen-bond acceptors (Lipinski definition) is 5. The molecule has 7 heteroatoms. The van der Waals surface area contributed by atoms with Gasteiger partial charge in [0.05, 0.1) is 24.5 Å². The standard InChI is InChI=1S/C24H25N3O3S/c28-20(15-17-5-2-1-3-6-17)27-10-8-18(16-27)21-19-7-4-9-25-23(19)31-22(21)24(29)26-11-13-30-14-12-26/h1-7,9,18H,8,10-16H2. The van der Waals surface area contributed by atoms with Gasteiger partial charge in [-0.2, -0.15) is 0 Å². The first-order chi connectivity index (χ1) is 15.2. The average molecular weight is 436 g/mol. The van der Waals surface area contributed by atoms with Gasteiger partial charge in [0.1, 0.15) is 4.83 Å². The van der Waals surface area contributed by atoms with E-state index in [2.05, 4.69) is 11.1 Å². The molecule has 6 nitrogen and oxygen atoms in total. The Kier molecular flexibility index (Phi) is 5.70. The Morgan fingerprint density at radius 2 is 1.84 bits per heavy atom. The van der Waals surface area contributed by atoms with Crippen LogP contribution in [0.25, 0.3) is 10.2 Å². The largest absolute Gasteiger partial charge is 0.378 e. The van der Waals surface area contributed by atoms with Crippen molar-refractivity contribution in [2.45, 2.75) is 18.8 Å². The molecule has 0 bridgehead atoms. The van der Waals surface area contributed by atoms with Gasteiger partial charge in [-0.1, -0.05) is 36.4 Å². The quantitative estimate of drug-likeness (QED) is 0.631. The van der Waals surface area contributed by atoms with Crippen LogP contribution < -0.4 is 0 Å². The van der Waals surface area contributed by atoms with Crippen molar-refractivity contribution in [2.24, 2.45) is 0 Å². The van der Waals surface area contributed by atoms with Crippen molar-refractivity contribution in [3.8, 4) is 0 Å². The molecule has 2 saturated heterocycles. The molecule has 5 rings (SSSR count). The smallest absolute Gasteiger partial charge is 0.264 e. The van der Waals surface area contributed by atoms with E-state index in [4.69, 9.17) is 4.74 Å². The van der Waals surface area contributed by atoms with E-state index < -0.39 is 0 Å². The zero-order valence-electron chi connectivity index (χ0n) is 17.3. The Labute approximate surface area is 185 Å². The van der Waals surface area contributed by atoms with Crippen LogP contribution in [0.3, 0.4) is 0 Å². The number of rotatable bonds is 4. The first kappa shape index (κ1) is 20.2. The summed E-state index contributed by atoms with van der Waals surface area (Å²) in [6.45, 7) is 3.76. The first-order valence-electron chi connectivity index (χ1n) is 10.8. The second-order valence-electron chi connectivity index (χ2n) is 8.09. The lowest BCUT2D eigenvalue weighted by Gasteiger charge is -2.27. The van der Waals surface area contributed by atoms with Crippen molar-refractivity contribution >= 4 is 33.4 Å². The van der Waals surface area contributed by atoms with E-state index in [0.717, 1.165) is 39.2 Å². The number of thiophene rings is 1. The molecule has 4 heterocycles. The zero-order valence-corrected chi connectivity index (χ0v) is 18.1. The van der Waals surface area contributed by atoms with Gasteiger partial charge in [-0.15, -0.1) is 11.3 Å². The van der Waals surface area contributed by atoms with Crippen LogP contribution in [0, 0.1) is 0 Å². The molecule has 2 aromatic heterocycles. The third kappa shape index (κ3) is 4.07. The summed E-state index contributed by atoms with van der Waals surface area (Å²) in [6, 6.07) is 13.8. The van der Waals surface area contributed by atoms with Crippen molar-refractivity contribution in [1.29, 1.82) is 0 Å². The number of nitrogens with zero attached hydrogens (tertiary/aromatic N) is 3. The van der Waals surface area contributed by atoms with Crippen LogP contribution in [0.5, 0.6) is 0 Å². The highest BCUT2D eigenvalue weighted by atomic mass is 32.1. The maximum atomic E-state index is 13.4. The summed E-state index contributed by atoms with van der Waals surface area (Å²) in [7, 11) is 0. The van der Waals surface area contributed by atoms with Crippen LogP contribution in [-0.4, -0.2) is 66.0 Å². The highest BCUT2D eigenvalue weighted by molar-refractivity contribution is 7.20. The monoisotopic (exact) mass is 435 g/mol. The lowest BCUT2D eigenvalue weighted by molar-refractivity contribution is -0.129. The van der Waals surface area contributed by atoms with Gasteiger partial charge < -0.3 is 14.5 Å². The molecule has 2 amide bonds. The Hall–Kier alpha value is -2.77. The fourth-order valence-electron chi connectivity index (χ4n) is 4.53. The number of aromatic nitrogens is 1. The molecular weight excluding hydrogens is 410 g/mol. The molecule has 3 aromatic rings. The Bertz CT molecular complexity index is 1090. The van der Waals surface area contributed by atoms with Gasteiger partial charge >= 0.3 is 0 Å². The van der Waals surface area contributed by atoms with E-state index in [1.54, 1.807) is 6.20 Å². The van der Waals surface area contributed by atoms with E-state index in [1.807, 2.05) is 46.2 Å². The van der Waals surface area contributed by atoms with Gasteiger partial charge in [0, 0.05) is 43.7 Å². The number of carbonyl (C=O) groups is 2. The van der Waals surface area contributed by atoms with Crippen molar-refractivity contribution in [3.05, 3.63) is 64.7 Å². The number of pyridine rings is 1. The third-order valence-electron chi connectivity index (χ3n) is 6.14. The van der Waals surface area contributed by atoms with Gasteiger partial charge in [-0.25, -0.2) is 4.98 Å². The number of fused-ring (bicyclic) bond motifs is 1. The molecule has 160 valence electrons. The van der Waals surface area contributed by atoms with Crippen molar-refractivity contribution < 1.29 is 14.3 Å². The summed E-state index contributed by atoms with van der Waals surface area (Å²) in [5.41, 5.74) is 2.10. The Morgan fingerprint density at radius 3 is 2.65 bits per heavy atom.